The van der Waals surface area contributed by atoms with Crippen LogP contribution in [-0.2, 0) is 4.79 Å². The average Bonchev–Trinajstić information content (AvgIpc) is 2.93. The third-order valence-corrected chi connectivity index (χ3v) is 5.22. The van der Waals surface area contributed by atoms with Crippen LogP contribution >= 0.6 is 23.1 Å². The zero-order valence-electron chi connectivity index (χ0n) is 13.3. The predicted octanol–water partition coefficient (Wildman–Crippen LogP) is 4.11. The number of rotatable bonds is 8. The van der Waals surface area contributed by atoms with Crippen LogP contribution in [0.4, 0.5) is 0 Å². The van der Waals surface area contributed by atoms with Gasteiger partial charge in [0.15, 0.2) is 0 Å². The fourth-order valence-corrected chi connectivity index (χ4v) is 3.83. The van der Waals surface area contributed by atoms with Crippen molar-refractivity contribution in [3.05, 3.63) is 17.8 Å². The standard InChI is InChI=1S/C16H23N3OS2/c1-11(2)5-4-6-12(3)19-14(20)9-22-16-13-7-8-21-15(13)17-10-18-16/h7-8,10-12H,4-6,9H2,1-3H3,(H,19,20)/t12-/m1/s1. The van der Waals surface area contributed by atoms with E-state index < -0.39 is 0 Å². The van der Waals surface area contributed by atoms with Gasteiger partial charge in [-0.2, -0.15) is 0 Å². The first-order valence-corrected chi connectivity index (χ1v) is 9.53. The lowest BCUT2D eigenvalue weighted by Crippen LogP contribution is -2.33. The third kappa shape index (κ3) is 5.25. The molecular weight excluding hydrogens is 314 g/mol. The van der Waals surface area contributed by atoms with Crippen LogP contribution in [0.1, 0.15) is 40.0 Å². The fraction of sp³-hybridized carbons (Fsp3) is 0.562. The molecule has 2 aromatic heterocycles. The van der Waals surface area contributed by atoms with E-state index in [1.807, 2.05) is 11.4 Å². The van der Waals surface area contributed by atoms with Crippen LogP contribution in [0.2, 0.25) is 0 Å². The van der Waals surface area contributed by atoms with E-state index in [-0.39, 0.29) is 11.9 Å². The Hall–Kier alpha value is -1.14. The van der Waals surface area contributed by atoms with E-state index in [2.05, 4.69) is 36.1 Å². The molecule has 0 spiro atoms. The molecule has 0 saturated carbocycles. The lowest BCUT2D eigenvalue weighted by molar-refractivity contribution is -0.119. The van der Waals surface area contributed by atoms with Gasteiger partial charge in [-0.05, 0) is 30.7 Å². The van der Waals surface area contributed by atoms with E-state index in [9.17, 15) is 4.79 Å². The van der Waals surface area contributed by atoms with E-state index in [4.69, 9.17) is 0 Å². The number of carbonyl (C=O) groups excluding carboxylic acids is 1. The van der Waals surface area contributed by atoms with E-state index >= 15 is 0 Å². The van der Waals surface area contributed by atoms with Gasteiger partial charge < -0.3 is 5.32 Å². The Morgan fingerprint density at radius 1 is 1.32 bits per heavy atom. The molecule has 22 heavy (non-hydrogen) atoms. The van der Waals surface area contributed by atoms with Crippen molar-refractivity contribution < 1.29 is 4.79 Å². The average molecular weight is 338 g/mol. The molecular formula is C16H23N3OS2. The Morgan fingerprint density at radius 2 is 2.14 bits per heavy atom. The number of nitrogens with one attached hydrogen (secondary N) is 1. The minimum atomic E-state index is 0.0732. The van der Waals surface area contributed by atoms with Gasteiger partial charge in [0, 0.05) is 11.4 Å². The molecule has 0 fully saturated rings. The summed E-state index contributed by atoms with van der Waals surface area (Å²) in [4.78, 5) is 21.5. The number of thioether (sulfide) groups is 1. The van der Waals surface area contributed by atoms with Gasteiger partial charge in [0.25, 0.3) is 0 Å². The van der Waals surface area contributed by atoms with Crippen molar-refractivity contribution >= 4 is 39.2 Å². The number of aromatic nitrogens is 2. The van der Waals surface area contributed by atoms with Gasteiger partial charge >= 0.3 is 0 Å². The Labute approximate surface area is 140 Å². The summed E-state index contributed by atoms with van der Waals surface area (Å²) in [6, 6.07) is 2.24. The highest BCUT2D eigenvalue weighted by molar-refractivity contribution is 8.00. The Kier molecular flexibility index (Phi) is 6.64. The molecule has 1 amide bonds. The summed E-state index contributed by atoms with van der Waals surface area (Å²) in [7, 11) is 0. The van der Waals surface area contributed by atoms with E-state index in [0.717, 1.165) is 34.0 Å². The smallest absolute Gasteiger partial charge is 0.230 e. The van der Waals surface area contributed by atoms with E-state index in [0.29, 0.717) is 5.75 Å². The maximum absolute atomic E-state index is 12.0. The van der Waals surface area contributed by atoms with Crippen LogP contribution in [-0.4, -0.2) is 27.7 Å². The second kappa shape index (κ2) is 8.48. The van der Waals surface area contributed by atoms with Gasteiger partial charge in [-0.3, -0.25) is 4.79 Å². The van der Waals surface area contributed by atoms with Crippen molar-refractivity contribution in [1.29, 1.82) is 0 Å². The molecule has 4 nitrogen and oxygen atoms in total. The molecule has 120 valence electrons. The van der Waals surface area contributed by atoms with Crippen LogP contribution in [0.15, 0.2) is 22.8 Å². The van der Waals surface area contributed by atoms with Gasteiger partial charge in [0.1, 0.15) is 16.2 Å². The van der Waals surface area contributed by atoms with Gasteiger partial charge in [0.2, 0.25) is 5.91 Å². The molecule has 0 unspecified atom stereocenters. The maximum Gasteiger partial charge on any atom is 0.230 e. The number of nitrogens with zero attached hydrogens (tertiary/aromatic N) is 2. The summed E-state index contributed by atoms with van der Waals surface area (Å²) in [5.74, 6) is 1.20. The maximum atomic E-state index is 12.0. The van der Waals surface area contributed by atoms with Crippen molar-refractivity contribution in [1.82, 2.24) is 15.3 Å². The summed E-state index contributed by atoms with van der Waals surface area (Å²) in [6.07, 6.45) is 4.98. The van der Waals surface area contributed by atoms with E-state index in [1.54, 1.807) is 17.7 Å². The van der Waals surface area contributed by atoms with Crippen molar-refractivity contribution in [2.45, 2.75) is 51.1 Å². The third-order valence-electron chi connectivity index (χ3n) is 3.39. The summed E-state index contributed by atoms with van der Waals surface area (Å²) in [5, 5.41) is 6.99. The second-order valence-electron chi connectivity index (χ2n) is 5.90. The molecule has 0 radical (unpaired) electrons. The molecule has 0 aromatic carbocycles. The van der Waals surface area contributed by atoms with Crippen LogP contribution in [0.3, 0.4) is 0 Å². The van der Waals surface area contributed by atoms with Crippen molar-refractivity contribution in [3.8, 4) is 0 Å². The number of hydrogen-bond acceptors (Lipinski definition) is 5. The molecule has 1 atom stereocenters. The zero-order valence-corrected chi connectivity index (χ0v) is 15.0. The predicted molar refractivity (Wildman–Crippen MR) is 94.4 cm³/mol. The van der Waals surface area contributed by atoms with Crippen molar-refractivity contribution in [2.24, 2.45) is 5.92 Å². The number of thiophene rings is 1. The minimum Gasteiger partial charge on any atom is -0.353 e. The molecule has 6 heteroatoms. The highest BCUT2D eigenvalue weighted by Gasteiger charge is 2.11. The number of carbonyl (C=O) groups is 1. The molecule has 2 rings (SSSR count). The van der Waals surface area contributed by atoms with E-state index in [1.165, 1.54) is 18.2 Å². The van der Waals surface area contributed by atoms with Crippen molar-refractivity contribution in [3.63, 3.8) is 0 Å². The van der Waals surface area contributed by atoms with Crippen LogP contribution in [0.25, 0.3) is 10.2 Å². The van der Waals surface area contributed by atoms with Gasteiger partial charge in [-0.25, -0.2) is 9.97 Å². The first-order valence-electron chi connectivity index (χ1n) is 7.66. The Bertz CT molecular complexity index is 612. The molecule has 1 N–H and O–H groups in total. The SMILES string of the molecule is CC(C)CCC[C@@H](C)NC(=O)CSc1ncnc2sccc12. The largest absolute Gasteiger partial charge is 0.353 e. The Morgan fingerprint density at radius 3 is 2.91 bits per heavy atom. The fourth-order valence-electron chi connectivity index (χ4n) is 2.24. The number of hydrogen-bond donors (Lipinski definition) is 1. The minimum absolute atomic E-state index is 0.0732. The zero-order chi connectivity index (χ0) is 15.9. The highest BCUT2D eigenvalue weighted by Crippen LogP contribution is 2.27. The summed E-state index contributed by atoms with van der Waals surface area (Å²) in [6.45, 7) is 6.53. The first kappa shape index (κ1) is 17.2. The van der Waals surface area contributed by atoms with Crippen LogP contribution < -0.4 is 5.32 Å². The number of amides is 1. The summed E-state index contributed by atoms with van der Waals surface area (Å²) < 4.78 is 0. The topological polar surface area (TPSA) is 54.9 Å². The molecule has 0 aliphatic rings. The number of fused-ring (bicyclic) bond motifs is 1. The lowest BCUT2D eigenvalue weighted by Gasteiger charge is -2.14. The highest BCUT2D eigenvalue weighted by atomic mass is 32.2. The normalized spacial score (nSPS) is 12.7. The van der Waals surface area contributed by atoms with Crippen LogP contribution in [0, 0.1) is 5.92 Å². The molecule has 0 saturated heterocycles. The van der Waals surface area contributed by atoms with Crippen LogP contribution in [0.5, 0.6) is 0 Å². The Balaban J connectivity index is 1.77. The lowest BCUT2D eigenvalue weighted by atomic mass is 10.0. The molecule has 0 aliphatic heterocycles. The van der Waals surface area contributed by atoms with Gasteiger partial charge in [-0.1, -0.05) is 38.5 Å². The quantitative estimate of drug-likeness (QED) is 0.582. The molecule has 2 aromatic rings. The summed E-state index contributed by atoms with van der Waals surface area (Å²) >= 11 is 3.07. The van der Waals surface area contributed by atoms with Gasteiger partial charge in [0.05, 0.1) is 5.75 Å². The first-order chi connectivity index (χ1) is 10.6. The summed E-state index contributed by atoms with van der Waals surface area (Å²) in [5.41, 5.74) is 0. The van der Waals surface area contributed by atoms with Gasteiger partial charge in [-0.15, -0.1) is 11.3 Å². The molecule has 2 heterocycles. The monoisotopic (exact) mass is 337 g/mol. The molecule has 0 aliphatic carbocycles. The molecule has 0 bridgehead atoms. The second-order valence-corrected chi connectivity index (χ2v) is 7.76. The van der Waals surface area contributed by atoms with Crippen molar-refractivity contribution in [2.75, 3.05) is 5.75 Å².